The van der Waals surface area contributed by atoms with E-state index in [1.165, 1.54) is 5.52 Å². The molecular weight excluding hydrogens is 180 g/mol. The van der Waals surface area contributed by atoms with E-state index in [2.05, 4.69) is 48.1 Å². The average molecular weight is 194 g/mol. The van der Waals surface area contributed by atoms with Crippen molar-refractivity contribution in [3.8, 4) is 0 Å². The number of fused-ring (bicyclic) bond motifs is 1. The Morgan fingerprint density at radius 2 is 2.00 bits per heavy atom. The quantitative estimate of drug-likeness (QED) is 0.630. The summed E-state index contributed by atoms with van der Waals surface area (Å²) in [5, 5.41) is 4.25. The van der Waals surface area contributed by atoms with Crippen LogP contribution in [-0.4, -0.2) is 9.55 Å². The molecule has 2 aromatic rings. The summed E-state index contributed by atoms with van der Waals surface area (Å²) >= 11 is 1.71. The molecule has 13 heavy (non-hydrogen) atoms. The van der Waals surface area contributed by atoms with Gasteiger partial charge in [0.2, 0.25) is 0 Å². The van der Waals surface area contributed by atoms with Crippen LogP contribution in [0.4, 0.5) is 0 Å². The number of imidazole rings is 1. The Balaban J connectivity index is 2.71. The van der Waals surface area contributed by atoms with E-state index >= 15 is 0 Å². The van der Waals surface area contributed by atoms with E-state index in [0.29, 0.717) is 0 Å². The van der Waals surface area contributed by atoms with Crippen LogP contribution in [0.2, 0.25) is 0 Å². The van der Waals surface area contributed by atoms with Gasteiger partial charge in [-0.2, -0.15) is 0 Å². The number of hydrogen-bond donors (Lipinski definition) is 0. The predicted octanol–water partition coefficient (Wildman–Crippen LogP) is 2.93. The standard InChI is InChI=1S/C10H14N2S/c1-10(2,3)9-11-7-5-13-6-8(7)12(9)4/h5-6H,1-4H3. The van der Waals surface area contributed by atoms with Crippen molar-refractivity contribution >= 4 is 22.4 Å². The lowest BCUT2D eigenvalue weighted by molar-refractivity contribution is 0.527. The van der Waals surface area contributed by atoms with E-state index in [1.54, 1.807) is 11.3 Å². The second-order valence-corrected chi connectivity index (χ2v) is 5.13. The van der Waals surface area contributed by atoms with E-state index in [0.717, 1.165) is 11.3 Å². The fraction of sp³-hybridized carbons (Fsp3) is 0.500. The Kier molecular flexibility index (Phi) is 1.74. The Labute approximate surface area is 82.2 Å². The third-order valence-corrected chi connectivity index (χ3v) is 2.92. The minimum absolute atomic E-state index is 0.130. The first-order valence-corrected chi connectivity index (χ1v) is 5.33. The second-order valence-electron chi connectivity index (χ2n) is 4.39. The zero-order chi connectivity index (χ0) is 9.64. The van der Waals surface area contributed by atoms with Crippen molar-refractivity contribution in [2.45, 2.75) is 26.2 Å². The monoisotopic (exact) mass is 194 g/mol. The highest BCUT2D eigenvalue weighted by molar-refractivity contribution is 7.09. The van der Waals surface area contributed by atoms with Gasteiger partial charge in [0.25, 0.3) is 0 Å². The number of aryl methyl sites for hydroxylation is 1. The van der Waals surface area contributed by atoms with Crippen LogP contribution in [0.5, 0.6) is 0 Å². The average Bonchev–Trinajstić information content (AvgIpc) is 2.51. The maximum absolute atomic E-state index is 4.62. The van der Waals surface area contributed by atoms with Gasteiger partial charge in [0.05, 0.1) is 11.0 Å². The molecule has 0 aromatic carbocycles. The topological polar surface area (TPSA) is 17.8 Å². The summed E-state index contributed by atoms with van der Waals surface area (Å²) in [7, 11) is 2.09. The fourth-order valence-electron chi connectivity index (χ4n) is 1.59. The zero-order valence-corrected chi connectivity index (χ0v) is 9.27. The Bertz CT molecular complexity index is 431. The molecule has 0 aliphatic heterocycles. The first-order chi connectivity index (χ1) is 6.00. The van der Waals surface area contributed by atoms with Crippen LogP contribution in [0.15, 0.2) is 10.8 Å². The van der Waals surface area contributed by atoms with Gasteiger partial charge in [-0.1, -0.05) is 20.8 Å². The van der Waals surface area contributed by atoms with Crippen LogP contribution in [0.3, 0.4) is 0 Å². The highest BCUT2D eigenvalue weighted by atomic mass is 32.1. The highest BCUT2D eigenvalue weighted by Crippen LogP contribution is 2.26. The van der Waals surface area contributed by atoms with E-state index < -0.39 is 0 Å². The number of nitrogens with zero attached hydrogens (tertiary/aromatic N) is 2. The molecule has 2 nitrogen and oxygen atoms in total. The van der Waals surface area contributed by atoms with Gasteiger partial charge in [-0.05, 0) is 0 Å². The van der Waals surface area contributed by atoms with Crippen LogP contribution in [-0.2, 0) is 12.5 Å². The number of rotatable bonds is 0. The van der Waals surface area contributed by atoms with Crippen molar-refractivity contribution in [2.24, 2.45) is 7.05 Å². The normalized spacial score (nSPS) is 12.6. The lowest BCUT2D eigenvalue weighted by Crippen LogP contribution is -2.17. The number of thiophene rings is 1. The van der Waals surface area contributed by atoms with Gasteiger partial charge in [-0.15, -0.1) is 11.3 Å². The van der Waals surface area contributed by atoms with Gasteiger partial charge in [0, 0.05) is 23.2 Å². The molecule has 0 amide bonds. The van der Waals surface area contributed by atoms with Gasteiger partial charge in [-0.25, -0.2) is 4.98 Å². The molecule has 2 rings (SSSR count). The predicted molar refractivity (Wildman–Crippen MR) is 57.3 cm³/mol. The zero-order valence-electron chi connectivity index (χ0n) is 8.46. The fourth-order valence-corrected chi connectivity index (χ4v) is 2.37. The van der Waals surface area contributed by atoms with Gasteiger partial charge >= 0.3 is 0 Å². The van der Waals surface area contributed by atoms with Crippen LogP contribution < -0.4 is 0 Å². The first-order valence-electron chi connectivity index (χ1n) is 4.39. The molecule has 0 radical (unpaired) electrons. The molecule has 70 valence electrons. The SMILES string of the molecule is Cn1c(C(C)(C)C)nc2cscc21. The summed E-state index contributed by atoms with van der Waals surface area (Å²) in [6.07, 6.45) is 0. The smallest absolute Gasteiger partial charge is 0.115 e. The Hall–Kier alpha value is -0.830. The van der Waals surface area contributed by atoms with E-state index in [4.69, 9.17) is 0 Å². The van der Waals surface area contributed by atoms with Gasteiger partial charge in [0.1, 0.15) is 5.82 Å². The van der Waals surface area contributed by atoms with Crippen molar-refractivity contribution < 1.29 is 0 Å². The summed E-state index contributed by atoms with van der Waals surface area (Å²) in [6, 6.07) is 0. The maximum atomic E-state index is 4.62. The lowest BCUT2D eigenvalue weighted by atomic mass is 9.96. The molecule has 2 aromatic heterocycles. The largest absolute Gasteiger partial charge is 0.330 e. The van der Waals surface area contributed by atoms with Crippen LogP contribution in [0.25, 0.3) is 11.0 Å². The van der Waals surface area contributed by atoms with Crippen molar-refractivity contribution in [3.63, 3.8) is 0 Å². The number of aromatic nitrogens is 2. The van der Waals surface area contributed by atoms with Crippen LogP contribution in [0, 0.1) is 0 Å². The summed E-state index contributed by atoms with van der Waals surface area (Å²) < 4.78 is 2.19. The molecule has 0 aliphatic carbocycles. The maximum Gasteiger partial charge on any atom is 0.115 e. The molecule has 0 fully saturated rings. The molecule has 0 spiro atoms. The van der Waals surface area contributed by atoms with Crippen molar-refractivity contribution in [1.82, 2.24) is 9.55 Å². The third kappa shape index (κ3) is 1.27. The van der Waals surface area contributed by atoms with Crippen LogP contribution >= 0.6 is 11.3 Å². The summed E-state index contributed by atoms with van der Waals surface area (Å²) in [5.41, 5.74) is 2.50. The molecule has 0 saturated carbocycles. The van der Waals surface area contributed by atoms with E-state index in [1.807, 2.05) is 0 Å². The summed E-state index contributed by atoms with van der Waals surface area (Å²) in [4.78, 5) is 4.62. The first kappa shape index (κ1) is 8.75. The molecule has 0 saturated heterocycles. The van der Waals surface area contributed by atoms with Crippen molar-refractivity contribution in [2.75, 3.05) is 0 Å². The molecule has 3 heteroatoms. The molecular formula is C10H14N2S. The third-order valence-electron chi connectivity index (χ3n) is 2.20. The molecule has 0 aliphatic rings. The van der Waals surface area contributed by atoms with Crippen molar-refractivity contribution in [1.29, 1.82) is 0 Å². The Morgan fingerprint density at radius 1 is 1.31 bits per heavy atom. The minimum atomic E-state index is 0.130. The summed E-state index contributed by atoms with van der Waals surface area (Å²) in [5.74, 6) is 1.16. The molecule has 0 bridgehead atoms. The lowest BCUT2D eigenvalue weighted by Gasteiger charge is -2.17. The van der Waals surface area contributed by atoms with Gasteiger partial charge in [0.15, 0.2) is 0 Å². The molecule has 0 unspecified atom stereocenters. The number of hydrogen-bond acceptors (Lipinski definition) is 2. The molecule has 2 heterocycles. The van der Waals surface area contributed by atoms with Crippen molar-refractivity contribution in [3.05, 3.63) is 16.6 Å². The minimum Gasteiger partial charge on any atom is -0.330 e. The summed E-state index contributed by atoms with van der Waals surface area (Å²) in [6.45, 7) is 6.58. The Morgan fingerprint density at radius 3 is 2.54 bits per heavy atom. The van der Waals surface area contributed by atoms with Crippen LogP contribution in [0.1, 0.15) is 26.6 Å². The molecule has 0 atom stereocenters. The van der Waals surface area contributed by atoms with Gasteiger partial charge in [-0.3, -0.25) is 0 Å². The highest BCUT2D eigenvalue weighted by Gasteiger charge is 2.21. The molecule has 0 N–H and O–H groups in total. The second kappa shape index (κ2) is 2.58. The van der Waals surface area contributed by atoms with E-state index in [-0.39, 0.29) is 5.41 Å². The van der Waals surface area contributed by atoms with E-state index in [9.17, 15) is 0 Å². The van der Waals surface area contributed by atoms with Gasteiger partial charge < -0.3 is 4.57 Å².